The number of carbonyl (C=O) groups excluding carboxylic acids is 3. The quantitative estimate of drug-likeness (QED) is 0.650. The molecular weight excluding hydrogens is 240 g/mol. The van der Waals surface area contributed by atoms with Crippen LogP contribution in [0.2, 0.25) is 0 Å². The molecular formula is C9H18N6O3. The van der Waals surface area contributed by atoms with Gasteiger partial charge in [0.25, 0.3) is 0 Å². The number of rotatable bonds is 4. The van der Waals surface area contributed by atoms with Gasteiger partial charge < -0.3 is 31.1 Å². The first-order chi connectivity index (χ1) is 8.32. The van der Waals surface area contributed by atoms with Crippen LogP contribution in [0.4, 0.5) is 14.4 Å². The van der Waals surface area contributed by atoms with Gasteiger partial charge in [-0.3, -0.25) is 0 Å². The molecule has 1 heterocycles. The Morgan fingerprint density at radius 2 is 1.39 bits per heavy atom. The Morgan fingerprint density at radius 3 is 1.67 bits per heavy atom. The van der Waals surface area contributed by atoms with Crippen molar-refractivity contribution in [2.24, 2.45) is 11.5 Å². The Hall–Kier alpha value is -2.19. The Bertz CT molecular complexity index is 328. The van der Waals surface area contributed by atoms with Gasteiger partial charge in [0, 0.05) is 27.2 Å². The molecule has 0 bridgehead atoms. The smallest absolute Gasteiger partial charge is 0.322 e. The average molecular weight is 258 g/mol. The molecule has 9 heteroatoms. The first-order valence-electron chi connectivity index (χ1n) is 5.38. The van der Waals surface area contributed by atoms with Crippen molar-refractivity contribution in [2.45, 2.75) is 0 Å². The summed E-state index contributed by atoms with van der Waals surface area (Å²) in [6.07, 6.45) is 0. The predicted molar refractivity (Wildman–Crippen MR) is 63.2 cm³/mol. The normalized spacial score (nSPS) is 14.9. The minimum atomic E-state index is -0.601. The Balaban J connectivity index is 2.52. The summed E-state index contributed by atoms with van der Waals surface area (Å²) in [5.41, 5.74) is 10.2. The van der Waals surface area contributed by atoms with Gasteiger partial charge in [-0.2, -0.15) is 0 Å². The highest BCUT2D eigenvalue weighted by Gasteiger charge is 2.30. The highest BCUT2D eigenvalue weighted by Crippen LogP contribution is 2.09. The van der Waals surface area contributed by atoms with Gasteiger partial charge in [0.15, 0.2) is 0 Å². The maximum atomic E-state index is 11.9. The van der Waals surface area contributed by atoms with E-state index in [0.717, 1.165) is 0 Å². The molecule has 1 aliphatic heterocycles. The lowest BCUT2D eigenvalue weighted by molar-refractivity contribution is 0.152. The summed E-state index contributed by atoms with van der Waals surface area (Å²) in [5.74, 6) is 0. The van der Waals surface area contributed by atoms with Crippen LogP contribution in [0, 0.1) is 0 Å². The zero-order valence-corrected chi connectivity index (χ0v) is 10.5. The van der Waals surface area contributed by atoms with Crippen LogP contribution in [0.3, 0.4) is 0 Å². The highest BCUT2D eigenvalue weighted by atomic mass is 16.2. The SMILES string of the molecule is CN(CN1CCN(CN(C)C(N)=O)C1=O)C(N)=O. The molecule has 0 aliphatic carbocycles. The zero-order valence-electron chi connectivity index (χ0n) is 10.5. The van der Waals surface area contributed by atoms with E-state index in [9.17, 15) is 14.4 Å². The lowest BCUT2D eigenvalue weighted by Gasteiger charge is -2.25. The van der Waals surface area contributed by atoms with Gasteiger partial charge in [-0.15, -0.1) is 0 Å². The number of amides is 6. The molecule has 0 radical (unpaired) electrons. The summed E-state index contributed by atoms with van der Waals surface area (Å²) in [6, 6.07) is -1.46. The lowest BCUT2D eigenvalue weighted by Crippen LogP contribution is -2.46. The molecule has 0 aromatic carbocycles. The van der Waals surface area contributed by atoms with Gasteiger partial charge in [-0.25, -0.2) is 14.4 Å². The molecule has 0 atom stereocenters. The number of nitrogens with two attached hydrogens (primary N) is 2. The number of primary amides is 2. The van der Waals surface area contributed by atoms with Crippen molar-refractivity contribution in [1.29, 1.82) is 0 Å². The first kappa shape index (κ1) is 13.9. The summed E-state index contributed by atoms with van der Waals surface area (Å²) in [6.45, 7) is 1.21. The average Bonchev–Trinajstić information content (AvgIpc) is 2.61. The molecule has 0 aromatic heterocycles. The van der Waals surface area contributed by atoms with Crippen molar-refractivity contribution < 1.29 is 14.4 Å². The van der Waals surface area contributed by atoms with Crippen LogP contribution in [-0.4, -0.2) is 78.2 Å². The fourth-order valence-electron chi connectivity index (χ4n) is 1.55. The first-order valence-corrected chi connectivity index (χ1v) is 5.38. The van der Waals surface area contributed by atoms with Crippen molar-refractivity contribution in [3.05, 3.63) is 0 Å². The van der Waals surface area contributed by atoms with Gasteiger partial charge in [-0.1, -0.05) is 0 Å². The fourth-order valence-corrected chi connectivity index (χ4v) is 1.55. The molecule has 4 N–H and O–H groups in total. The van der Waals surface area contributed by atoms with Gasteiger partial charge in [0.05, 0.1) is 13.3 Å². The van der Waals surface area contributed by atoms with Crippen molar-refractivity contribution in [3.63, 3.8) is 0 Å². The maximum Gasteiger partial charge on any atom is 0.322 e. The van der Waals surface area contributed by atoms with Crippen LogP contribution in [0.25, 0.3) is 0 Å². The summed E-state index contributed by atoms with van der Waals surface area (Å²) in [4.78, 5) is 39.1. The summed E-state index contributed by atoms with van der Waals surface area (Å²) in [7, 11) is 3.02. The number of hydrogen-bond donors (Lipinski definition) is 2. The lowest BCUT2D eigenvalue weighted by atomic mass is 10.6. The molecule has 102 valence electrons. The largest absolute Gasteiger partial charge is 0.351 e. The van der Waals surface area contributed by atoms with Crippen LogP contribution in [0.5, 0.6) is 0 Å². The molecule has 9 nitrogen and oxygen atoms in total. The number of hydrogen-bond acceptors (Lipinski definition) is 3. The van der Waals surface area contributed by atoms with Crippen molar-refractivity contribution >= 4 is 18.1 Å². The Labute approximate surface area is 105 Å². The molecule has 1 aliphatic rings. The fraction of sp³-hybridized carbons (Fsp3) is 0.667. The monoisotopic (exact) mass is 258 g/mol. The molecule has 1 fully saturated rings. The van der Waals surface area contributed by atoms with E-state index in [-0.39, 0.29) is 19.4 Å². The van der Waals surface area contributed by atoms with Crippen LogP contribution >= 0.6 is 0 Å². The topological polar surface area (TPSA) is 116 Å². The van der Waals surface area contributed by atoms with Crippen LogP contribution in [-0.2, 0) is 0 Å². The second kappa shape index (κ2) is 5.43. The van der Waals surface area contributed by atoms with E-state index >= 15 is 0 Å². The third kappa shape index (κ3) is 3.15. The maximum absolute atomic E-state index is 11.9. The van der Waals surface area contributed by atoms with E-state index in [1.165, 1.54) is 33.7 Å². The van der Waals surface area contributed by atoms with Gasteiger partial charge >= 0.3 is 18.1 Å². The van der Waals surface area contributed by atoms with E-state index in [4.69, 9.17) is 11.5 Å². The molecule has 1 rings (SSSR count). The standard InChI is InChI=1S/C9H18N6O3/c1-12(7(10)16)5-14-3-4-15(9(14)18)6-13(2)8(11)17/h3-6H2,1-2H3,(H2,10,16)(H2,11,17). The van der Waals surface area contributed by atoms with Crippen molar-refractivity contribution in [1.82, 2.24) is 19.6 Å². The van der Waals surface area contributed by atoms with Crippen LogP contribution in [0.15, 0.2) is 0 Å². The number of nitrogens with zero attached hydrogens (tertiary/aromatic N) is 4. The Morgan fingerprint density at radius 1 is 1.06 bits per heavy atom. The van der Waals surface area contributed by atoms with Gasteiger partial charge in [0.2, 0.25) is 0 Å². The minimum absolute atomic E-state index is 0.130. The number of carbonyl (C=O) groups is 3. The summed E-state index contributed by atoms with van der Waals surface area (Å²) >= 11 is 0. The molecule has 18 heavy (non-hydrogen) atoms. The van der Waals surface area contributed by atoms with E-state index in [0.29, 0.717) is 13.1 Å². The predicted octanol–water partition coefficient (Wildman–Crippen LogP) is -1.34. The Kier molecular flexibility index (Phi) is 4.18. The number of urea groups is 3. The molecule has 0 spiro atoms. The molecule has 6 amide bonds. The summed E-state index contributed by atoms with van der Waals surface area (Å²) < 4.78 is 0. The van der Waals surface area contributed by atoms with Gasteiger partial charge in [-0.05, 0) is 0 Å². The minimum Gasteiger partial charge on any atom is -0.351 e. The molecule has 0 unspecified atom stereocenters. The van der Waals surface area contributed by atoms with Crippen molar-refractivity contribution in [3.8, 4) is 0 Å². The van der Waals surface area contributed by atoms with Gasteiger partial charge in [0.1, 0.15) is 0 Å². The molecule has 0 aromatic rings. The van der Waals surface area contributed by atoms with E-state index in [2.05, 4.69) is 0 Å². The van der Waals surface area contributed by atoms with Crippen LogP contribution < -0.4 is 11.5 Å². The third-order valence-corrected chi connectivity index (χ3v) is 2.70. The third-order valence-electron chi connectivity index (χ3n) is 2.70. The second-order valence-electron chi connectivity index (χ2n) is 4.16. The van der Waals surface area contributed by atoms with E-state index in [1.54, 1.807) is 0 Å². The van der Waals surface area contributed by atoms with Crippen molar-refractivity contribution in [2.75, 3.05) is 40.5 Å². The highest BCUT2D eigenvalue weighted by molar-refractivity contribution is 5.78. The molecule has 1 saturated heterocycles. The molecule has 0 saturated carbocycles. The second-order valence-corrected chi connectivity index (χ2v) is 4.16. The van der Waals surface area contributed by atoms with E-state index in [1.807, 2.05) is 0 Å². The zero-order chi connectivity index (χ0) is 13.9. The van der Waals surface area contributed by atoms with Crippen LogP contribution in [0.1, 0.15) is 0 Å². The summed E-state index contributed by atoms with van der Waals surface area (Å²) in [5, 5.41) is 0. The van der Waals surface area contributed by atoms with E-state index < -0.39 is 12.1 Å².